The molecule has 0 fully saturated rings. The zero-order chi connectivity index (χ0) is 18.7. The predicted molar refractivity (Wildman–Crippen MR) is 122 cm³/mol. The Hall–Kier alpha value is -2.55. The maximum Gasteiger partial charge on any atom is 0.226 e. The summed E-state index contributed by atoms with van der Waals surface area (Å²) in [5.41, 5.74) is 1.79. The molecule has 0 aliphatic rings. The third-order valence-electron chi connectivity index (χ3n) is 3.86. The molecule has 2 N–H and O–H groups in total. The van der Waals surface area contributed by atoms with Gasteiger partial charge in [-0.2, -0.15) is 0 Å². The summed E-state index contributed by atoms with van der Waals surface area (Å²) in [6, 6.07) is 19.7. The molecule has 0 aliphatic carbocycles. The Kier molecular flexibility index (Phi) is 9.33. The van der Waals surface area contributed by atoms with Gasteiger partial charge in [-0.15, -0.1) is 24.0 Å². The van der Waals surface area contributed by atoms with Gasteiger partial charge in [0.15, 0.2) is 5.96 Å². The fourth-order valence-electron chi connectivity index (χ4n) is 2.48. The molecule has 0 saturated heterocycles. The molecule has 0 radical (unpaired) electrons. The number of nitrogens with one attached hydrogen (secondary N) is 2. The van der Waals surface area contributed by atoms with Crippen LogP contribution in [0.5, 0.6) is 5.75 Å². The normalized spacial score (nSPS) is 10.8. The number of aliphatic imine (C=N–C) groups is 1. The number of benzene rings is 2. The fourth-order valence-corrected chi connectivity index (χ4v) is 2.48. The van der Waals surface area contributed by atoms with E-state index in [1.54, 1.807) is 13.3 Å². The highest BCUT2D eigenvalue weighted by Crippen LogP contribution is 2.17. The average molecular weight is 492 g/mol. The standard InChI is InChI=1S/C21H24N4O2.HI/c1-22-21(23-13-8-14-26-19-11-6-3-7-12-19)24-15-18-16-27-20(25-18)17-9-4-2-5-10-17;/h2-7,9-12,16H,8,13-15H2,1H3,(H2,22,23,24);1H. The third kappa shape index (κ3) is 6.88. The maximum atomic E-state index is 5.67. The predicted octanol–water partition coefficient (Wildman–Crippen LogP) is 4.09. The van der Waals surface area contributed by atoms with E-state index in [2.05, 4.69) is 20.6 Å². The third-order valence-corrected chi connectivity index (χ3v) is 3.86. The number of nitrogens with zero attached hydrogens (tertiary/aromatic N) is 2. The van der Waals surface area contributed by atoms with Crippen LogP contribution in [0.15, 0.2) is 76.3 Å². The van der Waals surface area contributed by atoms with Gasteiger partial charge in [-0.25, -0.2) is 4.98 Å². The first-order chi connectivity index (χ1) is 13.3. The Bertz CT molecular complexity index is 838. The van der Waals surface area contributed by atoms with Crippen molar-refractivity contribution in [3.63, 3.8) is 0 Å². The molecule has 28 heavy (non-hydrogen) atoms. The van der Waals surface area contributed by atoms with Crippen molar-refractivity contribution in [2.45, 2.75) is 13.0 Å². The summed E-state index contributed by atoms with van der Waals surface area (Å²) in [7, 11) is 1.74. The van der Waals surface area contributed by atoms with Crippen LogP contribution in [-0.2, 0) is 6.54 Å². The van der Waals surface area contributed by atoms with E-state index in [4.69, 9.17) is 9.15 Å². The van der Waals surface area contributed by atoms with Gasteiger partial charge in [-0.1, -0.05) is 36.4 Å². The van der Waals surface area contributed by atoms with Gasteiger partial charge in [0.25, 0.3) is 0 Å². The zero-order valence-corrected chi connectivity index (χ0v) is 18.1. The monoisotopic (exact) mass is 492 g/mol. The Balaban J connectivity index is 0.00000280. The first kappa shape index (κ1) is 21.7. The molecule has 148 valence electrons. The summed E-state index contributed by atoms with van der Waals surface area (Å²) in [6.45, 7) is 1.95. The number of rotatable bonds is 8. The molecule has 0 saturated carbocycles. The second-order valence-electron chi connectivity index (χ2n) is 5.88. The second kappa shape index (κ2) is 12.0. The first-order valence-corrected chi connectivity index (χ1v) is 8.97. The molecule has 0 bridgehead atoms. The number of oxazole rings is 1. The molecule has 0 amide bonds. The SMILES string of the molecule is CN=C(NCCCOc1ccccc1)NCc1coc(-c2ccccc2)n1.I. The molecule has 1 aromatic heterocycles. The molecule has 0 aliphatic heterocycles. The smallest absolute Gasteiger partial charge is 0.226 e. The van der Waals surface area contributed by atoms with Crippen LogP contribution in [0.4, 0.5) is 0 Å². The van der Waals surface area contributed by atoms with Crippen molar-refractivity contribution in [2.75, 3.05) is 20.2 Å². The zero-order valence-electron chi connectivity index (χ0n) is 15.8. The summed E-state index contributed by atoms with van der Waals surface area (Å²) >= 11 is 0. The number of ether oxygens (including phenoxy) is 1. The van der Waals surface area contributed by atoms with Crippen LogP contribution >= 0.6 is 24.0 Å². The summed E-state index contributed by atoms with van der Waals surface area (Å²) in [6.07, 6.45) is 2.54. The molecular formula is C21H25IN4O2. The van der Waals surface area contributed by atoms with Crippen molar-refractivity contribution in [3.05, 3.63) is 72.6 Å². The van der Waals surface area contributed by atoms with Crippen molar-refractivity contribution in [1.29, 1.82) is 0 Å². The maximum absolute atomic E-state index is 5.67. The molecule has 3 rings (SSSR count). The molecule has 0 atom stereocenters. The number of hydrogen-bond acceptors (Lipinski definition) is 4. The number of halogens is 1. The van der Waals surface area contributed by atoms with Crippen molar-refractivity contribution in [2.24, 2.45) is 4.99 Å². The number of guanidine groups is 1. The molecule has 2 aromatic carbocycles. The summed E-state index contributed by atoms with van der Waals surface area (Å²) in [4.78, 5) is 8.72. The minimum Gasteiger partial charge on any atom is -0.494 e. The van der Waals surface area contributed by atoms with Gasteiger partial charge in [-0.05, 0) is 30.7 Å². The van der Waals surface area contributed by atoms with Gasteiger partial charge in [0.2, 0.25) is 5.89 Å². The lowest BCUT2D eigenvalue weighted by molar-refractivity contribution is 0.311. The Morgan fingerprint density at radius 3 is 2.46 bits per heavy atom. The molecular weight excluding hydrogens is 467 g/mol. The largest absolute Gasteiger partial charge is 0.494 e. The van der Waals surface area contributed by atoms with Gasteiger partial charge in [0, 0.05) is 19.2 Å². The van der Waals surface area contributed by atoms with Gasteiger partial charge in [0.1, 0.15) is 12.0 Å². The van der Waals surface area contributed by atoms with Gasteiger partial charge in [-0.3, -0.25) is 4.99 Å². The highest BCUT2D eigenvalue weighted by Gasteiger charge is 2.06. The Morgan fingerprint density at radius 1 is 1.04 bits per heavy atom. The summed E-state index contributed by atoms with van der Waals surface area (Å²) in [5, 5.41) is 6.50. The Labute approximate surface area is 182 Å². The van der Waals surface area contributed by atoms with Crippen LogP contribution in [0, 0.1) is 0 Å². The summed E-state index contributed by atoms with van der Waals surface area (Å²) < 4.78 is 11.2. The van der Waals surface area contributed by atoms with Crippen molar-refractivity contribution in [1.82, 2.24) is 15.6 Å². The molecule has 1 heterocycles. The lowest BCUT2D eigenvalue weighted by atomic mass is 10.2. The van der Waals surface area contributed by atoms with Gasteiger partial charge < -0.3 is 19.8 Å². The Morgan fingerprint density at radius 2 is 1.75 bits per heavy atom. The van der Waals surface area contributed by atoms with E-state index in [9.17, 15) is 0 Å². The second-order valence-corrected chi connectivity index (χ2v) is 5.88. The van der Waals surface area contributed by atoms with Gasteiger partial charge in [0.05, 0.1) is 18.8 Å². The van der Waals surface area contributed by atoms with Crippen LogP contribution in [0.1, 0.15) is 12.1 Å². The molecule has 3 aromatic rings. The van der Waals surface area contributed by atoms with E-state index in [0.29, 0.717) is 19.0 Å². The van der Waals surface area contributed by atoms with Crippen molar-refractivity contribution in [3.8, 4) is 17.2 Å². The summed E-state index contributed by atoms with van der Waals surface area (Å²) in [5.74, 6) is 2.23. The first-order valence-electron chi connectivity index (χ1n) is 8.97. The number of aromatic nitrogens is 1. The van der Waals surface area contributed by atoms with Crippen LogP contribution in [0.2, 0.25) is 0 Å². The number of hydrogen-bond donors (Lipinski definition) is 2. The van der Waals surface area contributed by atoms with E-state index >= 15 is 0 Å². The molecule has 6 nitrogen and oxygen atoms in total. The highest BCUT2D eigenvalue weighted by atomic mass is 127. The van der Waals surface area contributed by atoms with Crippen molar-refractivity contribution >= 4 is 29.9 Å². The molecule has 0 unspecified atom stereocenters. The number of para-hydroxylation sites is 1. The van der Waals surface area contributed by atoms with Crippen molar-refractivity contribution < 1.29 is 9.15 Å². The highest BCUT2D eigenvalue weighted by molar-refractivity contribution is 14.0. The van der Waals surface area contributed by atoms with Crippen LogP contribution in [-0.4, -0.2) is 31.1 Å². The fraction of sp³-hybridized carbons (Fsp3) is 0.238. The van der Waals surface area contributed by atoms with E-state index in [1.807, 2.05) is 60.7 Å². The lowest BCUT2D eigenvalue weighted by Gasteiger charge is -2.11. The van der Waals surface area contributed by atoms with E-state index in [-0.39, 0.29) is 24.0 Å². The van der Waals surface area contributed by atoms with Crippen LogP contribution in [0.25, 0.3) is 11.5 Å². The average Bonchev–Trinajstić information content (AvgIpc) is 3.20. The van der Waals surface area contributed by atoms with Crippen LogP contribution in [0.3, 0.4) is 0 Å². The van der Waals surface area contributed by atoms with Crippen LogP contribution < -0.4 is 15.4 Å². The quantitative estimate of drug-likeness (QED) is 0.215. The topological polar surface area (TPSA) is 71.7 Å². The van der Waals surface area contributed by atoms with E-state index in [0.717, 1.165) is 35.9 Å². The lowest BCUT2D eigenvalue weighted by Crippen LogP contribution is -2.37. The molecule has 0 spiro atoms. The minimum absolute atomic E-state index is 0. The van der Waals surface area contributed by atoms with E-state index < -0.39 is 0 Å². The van der Waals surface area contributed by atoms with Gasteiger partial charge >= 0.3 is 0 Å². The van der Waals surface area contributed by atoms with E-state index in [1.165, 1.54) is 0 Å². The minimum atomic E-state index is 0. The molecule has 7 heteroatoms.